The standard InChI is InChI=1S/C14H24F2N2O5/c1-12(2)4-9(18-10(19)20)5-13(3,6-12)7-17-11(21)23-8-14(15,16)22/h9,18,22H,4-8H2,1-3H3,(H,17,21)(H,19,20). The van der Waals surface area contributed by atoms with Crippen LogP contribution in [0.5, 0.6) is 0 Å². The third-order valence-corrected chi connectivity index (χ3v) is 3.81. The van der Waals surface area contributed by atoms with Crippen LogP contribution in [0.25, 0.3) is 0 Å². The Kier molecular flexibility index (Phi) is 5.79. The Bertz CT molecular complexity index is 453. The number of ether oxygens (including phenoxy) is 1. The maximum absolute atomic E-state index is 12.2. The quantitative estimate of drug-likeness (QED) is 0.614. The summed E-state index contributed by atoms with van der Waals surface area (Å²) < 4.78 is 28.7. The van der Waals surface area contributed by atoms with Gasteiger partial charge in [-0.1, -0.05) is 20.8 Å². The van der Waals surface area contributed by atoms with Crippen LogP contribution in [0.1, 0.15) is 40.0 Å². The topological polar surface area (TPSA) is 108 Å². The van der Waals surface area contributed by atoms with E-state index in [4.69, 9.17) is 10.2 Å². The summed E-state index contributed by atoms with van der Waals surface area (Å²) in [4.78, 5) is 22.2. The summed E-state index contributed by atoms with van der Waals surface area (Å²) in [6.07, 6.45) is -4.30. The van der Waals surface area contributed by atoms with Gasteiger partial charge in [-0.15, -0.1) is 0 Å². The Morgan fingerprint density at radius 3 is 2.43 bits per heavy atom. The van der Waals surface area contributed by atoms with Crippen LogP contribution in [0.3, 0.4) is 0 Å². The molecular formula is C14H24F2N2O5. The molecule has 0 aromatic rings. The normalized spacial score (nSPS) is 27.1. The molecule has 23 heavy (non-hydrogen) atoms. The highest BCUT2D eigenvalue weighted by atomic mass is 19.3. The van der Waals surface area contributed by atoms with Crippen LogP contribution in [0.15, 0.2) is 0 Å². The van der Waals surface area contributed by atoms with Crippen molar-refractivity contribution in [1.29, 1.82) is 0 Å². The minimum Gasteiger partial charge on any atom is -0.465 e. The third kappa shape index (κ3) is 7.45. The zero-order chi connectivity index (χ0) is 17.9. The maximum atomic E-state index is 12.2. The molecule has 0 aliphatic heterocycles. The average Bonchev–Trinajstić information content (AvgIpc) is 2.29. The molecule has 0 spiro atoms. The molecule has 1 aliphatic carbocycles. The molecule has 9 heteroatoms. The number of carbonyl (C=O) groups is 2. The maximum Gasteiger partial charge on any atom is 0.407 e. The molecule has 2 amide bonds. The molecule has 0 aromatic heterocycles. The highest BCUT2D eigenvalue weighted by molar-refractivity contribution is 5.67. The van der Waals surface area contributed by atoms with E-state index in [-0.39, 0.29) is 18.0 Å². The van der Waals surface area contributed by atoms with E-state index in [9.17, 15) is 18.4 Å². The molecule has 0 bridgehead atoms. The number of rotatable bonds is 5. The van der Waals surface area contributed by atoms with Crippen LogP contribution < -0.4 is 10.6 Å². The van der Waals surface area contributed by atoms with Crippen LogP contribution in [0, 0.1) is 10.8 Å². The summed E-state index contributed by atoms with van der Waals surface area (Å²) in [6, 6.07) is -0.249. The number of carbonyl (C=O) groups excluding carboxylic acids is 1. The summed E-state index contributed by atoms with van der Waals surface area (Å²) in [5, 5.41) is 22.0. The van der Waals surface area contributed by atoms with Crippen LogP contribution in [0.4, 0.5) is 18.4 Å². The van der Waals surface area contributed by atoms with E-state index >= 15 is 0 Å². The smallest absolute Gasteiger partial charge is 0.407 e. The molecule has 4 N–H and O–H groups in total. The second-order valence-electron chi connectivity index (χ2n) is 7.30. The van der Waals surface area contributed by atoms with Crippen LogP contribution in [-0.2, 0) is 4.74 Å². The van der Waals surface area contributed by atoms with Crippen molar-refractivity contribution in [2.45, 2.75) is 52.2 Å². The van der Waals surface area contributed by atoms with E-state index in [1.54, 1.807) is 0 Å². The second-order valence-corrected chi connectivity index (χ2v) is 7.30. The number of hydrogen-bond donors (Lipinski definition) is 4. The molecule has 0 radical (unpaired) electrons. The van der Waals surface area contributed by atoms with Gasteiger partial charge in [-0.25, -0.2) is 9.59 Å². The van der Waals surface area contributed by atoms with E-state index in [2.05, 4.69) is 15.4 Å². The SMILES string of the molecule is CC1(C)CC(NC(=O)O)CC(C)(CNC(=O)OCC(O)(F)F)C1. The monoisotopic (exact) mass is 338 g/mol. The number of alkyl halides is 2. The third-order valence-electron chi connectivity index (χ3n) is 3.81. The number of aliphatic hydroxyl groups is 1. The number of amides is 2. The zero-order valence-corrected chi connectivity index (χ0v) is 13.5. The predicted molar refractivity (Wildman–Crippen MR) is 77.2 cm³/mol. The molecule has 7 nitrogen and oxygen atoms in total. The molecule has 1 saturated carbocycles. The minimum absolute atomic E-state index is 0.135. The van der Waals surface area contributed by atoms with Crippen molar-refractivity contribution < 1.29 is 33.3 Å². The Morgan fingerprint density at radius 2 is 1.91 bits per heavy atom. The molecule has 0 heterocycles. The number of hydrogen-bond acceptors (Lipinski definition) is 4. The molecule has 1 aliphatic rings. The van der Waals surface area contributed by atoms with Gasteiger partial charge in [-0.3, -0.25) is 0 Å². The van der Waals surface area contributed by atoms with Crippen LogP contribution in [0.2, 0.25) is 0 Å². The van der Waals surface area contributed by atoms with Crippen molar-refractivity contribution in [2.24, 2.45) is 10.8 Å². The Morgan fingerprint density at radius 1 is 1.30 bits per heavy atom. The fraction of sp³-hybridized carbons (Fsp3) is 0.857. The molecule has 1 fully saturated rings. The first-order valence-electron chi connectivity index (χ1n) is 7.31. The van der Waals surface area contributed by atoms with Crippen molar-refractivity contribution in [2.75, 3.05) is 13.2 Å². The van der Waals surface area contributed by atoms with Gasteiger partial charge in [0.05, 0.1) is 0 Å². The van der Waals surface area contributed by atoms with Gasteiger partial charge in [0.1, 0.15) is 0 Å². The van der Waals surface area contributed by atoms with Gasteiger partial charge < -0.3 is 25.6 Å². The predicted octanol–water partition coefficient (Wildman–Crippen LogP) is 2.15. The van der Waals surface area contributed by atoms with E-state index < -0.39 is 30.3 Å². The number of halogens is 2. The molecule has 1 rings (SSSR count). The highest BCUT2D eigenvalue weighted by Gasteiger charge is 2.42. The molecule has 2 unspecified atom stereocenters. The lowest BCUT2D eigenvalue weighted by Gasteiger charge is -2.46. The minimum atomic E-state index is -4.06. The summed E-state index contributed by atoms with van der Waals surface area (Å²) in [5.74, 6) is 0. The molecular weight excluding hydrogens is 314 g/mol. The number of nitrogens with one attached hydrogen (secondary N) is 2. The van der Waals surface area contributed by atoms with Gasteiger partial charge in [0.25, 0.3) is 0 Å². The highest BCUT2D eigenvalue weighted by Crippen LogP contribution is 2.45. The van der Waals surface area contributed by atoms with E-state index in [0.29, 0.717) is 12.8 Å². The summed E-state index contributed by atoms with van der Waals surface area (Å²) >= 11 is 0. The fourth-order valence-corrected chi connectivity index (χ4v) is 3.53. The lowest BCUT2D eigenvalue weighted by atomic mass is 9.62. The largest absolute Gasteiger partial charge is 0.465 e. The molecule has 0 aromatic carbocycles. The van der Waals surface area contributed by atoms with Gasteiger partial charge >= 0.3 is 18.3 Å². The zero-order valence-electron chi connectivity index (χ0n) is 13.5. The van der Waals surface area contributed by atoms with Crippen molar-refractivity contribution in [3.63, 3.8) is 0 Å². The number of alkyl carbamates (subject to hydrolysis) is 1. The Hall–Kier alpha value is -1.64. The lowest BCUT2D eigenvalue weighted by molar-refractivity contribution is -0.221. The first kappa shape index (κ1) is 19.4. The van der Waals surface area contributed by atoms with Gasteiger partial charge in [-0.05, 0) is 30.1 Å². The molecule has 0 saturated heterocycles. The van der Waals surface area contributed by atoms with E-state index in [1.807, 2.05) is 20.8 Å². The van der Waals surface area contributed by atoms with E-state index in [1.165, 1.54) is 0 Å². The van der Waals surface area contributed by atoms with Crippen molar-refractivity contribution >= 4 is 12.2 Å². The van der Waals surface area contributed by atoms with Crippen molar-refractivity contribution in [3.8, 4) is 0 Å². The average molecular weight is 338 g/mol. The fourth-order valence-electron chi connectivity index (χ4n) is 3.53. The number of carboxylic acid groups (broad SMARTS) is 1. The second kappa shape index (κ2) is 6.86. The summed E-state index contributed by atoms with van der Waals surface area (Å²) in [7, 11) is 0. The van der Waals surface area contributed by atoms with E-state index in [0.717, 1.165) is 6.42 Å². The van der Waals surface area contributed by atoms with Gasteiger partial charge in [0.2, 0.25) is 0 Å². The van der Waals surface area contributed by atoms with Gasteiger partial charge in [0.15, 0.2) is 6.61 Å². The van der Waals surface area contributed by atoms with Gasteiger partial charge in [0, 0.05) is 12.6 Å². The Labute approximate surface area is 133 Å². The van der Waals surface area contributed by atoms with Crippen molar-refractivity contribution in [3.05, 3.63) is 0 Å². The first-order chi connectivity index (χ1) is 10.3. The Balaban J connectivity index is 2.58. The van der Waals surface area contributed by atoms with Gasteiger partial charge in [-0.2, -0.15) is 8.78 Å². The molecule has 134 valence electrons. The van der Waals surface area contributed by atoms with Crippen LogP contribution in [-0.4, -0.2) is 47.7 Å². The lowest BCUT2D eigenvalue weighted by Crippen LogP contribution is -2.50. The summed E-state index contributed by atoms with van der Waals surface area (Å²) in [5.41, 5.74) is -0.542. The molecule has 2 atom stereocenters. The summed E-state index contributed by atoms with van der Waals surface area (Å²) in [6.45, 7) is 4.65. The van der Waals surface area contributed by atoms with Crippen LogP contribution >= 0.6 is 0 Å². The van der Waals surface area contributed by atoms with Crippen molar-refractivity contribution in [1.82, 2.24) is 10.6 Å². The first-order valence-corrected chi connectivity index (χ1v) is 7.31.